The minimum absolute atomic E-state index is 0.176. The Kier molecular flexibility index (Phi) is 6.43. The summed E-state index contributed by atoms with van der Waals surface area (Å²) in [4.78, 5) is -0.352. The van der Waals surface area contributed by atoms with Crippen LogP contribution in [0, 0.1) is 27.7 Å². The second-order valence-electron chi connectivity index (χ2n) is 10.4. The molecule has 42 heavy (non-hydrogen) atoms. The van der Waals surface area contributed by atoms with Gasteiger partial charge in [0.05, 0.1) is 0 Å². The van der Waals surface area contributed by atoms with E-state index < -0.39 is 20.2 Å². The van der Waals surface area contributed by atoms with Crippen LogP contribution in [0.25, 0.3) is 55.7 Å². The Morgan fingerprint density at radius 3 is 1.12 bits per heavy atom. The lowest BCUT2D eigenvalue weighted by Crippen LogP contribution is -2.00. The third-order valence-corrected chi connectivity index (χ3v) is 9.64. The topological polar surface area (TPSA) is 135 Å². The summed E-state index contributed by atoms with van der Waals surface area (Å²) >= 11 is 0. The lowest BCUT2D eigenvalue weighted by atomic mass is 9.99. The number of benzene rings is 4. The Morgan fingerprint density at radius 2 is 0.810 bits per heavy atom. The van der Waals surface area contributed by atoms with Gasteiger partial charge in [0.15, 0.2) is 0 Å². The molecule has 0 aliphatic rings. The molecule has 0 aliphatic heterocycles. The number of aryl methyl sites for hydroxylation is 4. The van der Waals surface area contributed by atoms with Gasteiger partial charge in [-0.15, -0.1) is 0 Å². The predicted octanol–water partition coefficient (Wildman–Crippen LogP) is 7.91. The summed E-state index contributed by atoms with van der Waals surface area (Å²) < 4.78 is 78.0. The fraction of sp³-hybridized carbons (Fsp3) is 0.125. The Morgan fingerprint density at radius 1 is 0.500 bits per heavy atom. The van der Waals surface area contributed by atoms with Crippen molar-refractivity contribution >= 4 is 42.2 Å². The molecule has 10 heteroatoms. The summed E-state index contributed by atoms with van der Waals surface area (Å²) in [5.74, 6) is 1.23. The molecule has 2 aromatic heterocycles. The average molecular weight is 603 g/mol. The van der Waals surface area contributed by atoms with Gasteiger partial charge in [-0.1, -0.05) is 48.5 Å². The smallest absolute Gasteiger partial charge is 0.294 e. The molecule has 6 aromatic rings. The van der Waals surface area contributed by atoms with Crippen LogP contribution < -0.4 is 0 Å². The molecule has 6 rings (SSSR count). The molecular formula is C32H26O8S2. The molecule has 0 bridgehead atoms. The zero-order valence-corrected chi connectivity index (χ0v) is 24.7. The molecule has 4 aromatic carbocycles. The monoisotopic (exact) mass is 602 g/mol. The molecule has 0 spiro atoms. The van der Waals surface area contributed by atoms with Gasteiger partial charge in [0.1, 0.15) is 32.5 Å². The SMILES string of the molecule is Cc1cc2c(C)c(-c3ccc(-c4ccc(-c5oc6cc(S(=O)(=O)O)c(C)cc6c5C)cc4)cc3)oc2cc1S(=O)(=O)O. The summed E-state index contributed by atoms with van der Waals surface area (Å²) in [6, 6.07) is 21.7. The highest BCUT2D eigenvalue weighted by Gasteiger charge is 2.21. The van der Waals surface area contributed by atoms with Crippen molar-refractivity contribution in [1.82, 2.24) is 0 Å². The van der Waals surface area contributed by atoms with E-state index in [2.05, 4.69) is 0 Å². The van der Waals surface area contributed by atoms with Gasteiger partial charge < -0.3 is 8.83 Å². The highest BCUT2D eigenvalue weighted by molar-refractivity contribution is 7.86. The van der Waals surface area contributed by atoms with Gasteiger partial charge in [0, 0.05) is 45.2 Å². The molecule has 2 heterocycles. The Labute approximate surface area is 242 Å². The summed E-state index contributed by atoms with van der Waals surface area (Å²) in [5, 5.41) is 1.56. The van der Waals surface area contributed by atoms with Crippen LogP contribution in [-0.2, 0) is 20.2 Å². The second kappa shape index (κ2) is 9.67. The van der Waals surface area contributed by atoms with E-state index in [1.807, 2.05) is 62.4 Å². The highest BCUT2D eigenvalue weighted by Crippen LogP contribution is 2.38. The van der Waals surface area contributed by atoms with Crippen LogP contribution in [0.1, 0.15) is 22.3 Å². The average Bonchev–Trinajstić information content (AvgIpc) is 3.42. The Hall–Kier alpha value is -4.22. The zero-order valence-electron chi connectivity index (χ0n) is 23.1. The van der Waals surface area contributed by atoms with E-state index in [9.17, 15) is 25.9 Å². The first kappa shape index (κ1) is 27.9. The lowest BCUT2D eigenvalue weighted by Gasteiger charge is -2.06. The first-order valence-electron chi connectivity index (χ1n) is 13.0. The van der Waals surface area contributed by atoms with Crippen LogP contribution in [0.5, 0.6) is 0 Å². The Bertz CT molecular complexity index is 2090. The standard InChI is InChI=1S/C32H26O8S2/c1-17-13-25-19(3)31(39-27(25)15-29(17)41(33,34)35)23-9-5-21(6-10-23)22-7-11-24(12-8-22)32-20(4)26-14-18(2)30(42(36,37)38)16-28(26)40-32/h5-16H,1-4H3,(H,33,34,35)(H,36,37,38). The maximum absolute atomic E-state index is 11.7. The summed E-state index contributed by atoms with van der Waals surface area (Å²) in [6.45, 7) is 7.08. The second-order valence-corrected chi connectivity index (χ2v) is 13.2. The minimum atomic E-state index is -4.37. The first-order valence-corrected chi connectivity index (χ1v) is 15.8. The quantitative estimate of drug-likeness (QED) is 0.190. The lowest BCUT2D eigenvalue weighted by molar-refractivity contribution is 0.480. The van der Waals surface area contributed by atoms with Gasteiger partial charge in [-0.2, -0.15) is 16.8 Å². The van der Waals surface area contributed by atoms with E-state index in [0.717, 1.165) is 44.2 Å². The molecule has 214 valence electrons. The normalized spacial score (nSPS) is 12.4. The number of rotatable bonds is 5. The van der Waals surface area contributed by atoms with E-state index in [4.69, 9.17) is 8.83 Å². The van der Waals surface area contributed by atoms with Crippen molar-refractivity contribution in [3.8, 4) is 33.8 Å². The van der Waals surface area contributed by atoms with E-state index in [-0.39, 0.29) is 9.79 Å². The van der Waals surface area contributed by atoms with Crippen molar-refractivity contribution in [2.24, 2.45) is 0 Å². The molecule has 0 radical (unpaired) electrons. The van der Waals surface area contributed by atoms with Crippen molar-refractivity contribution in [3.63, 3.8) is 0 Å². The Balaban J connectivity index is 1.31. The van der Waals surface area contributed by atoms with Crippen molar-refractivity contribution in [2.45, 2.75) is 37.5 Å². The van der Waals surface area contributed by atoms with Gasteiger partial charge in [-0.05, 0) is 62.1 Å². The van der Waals surface area contributed by atoms with E-state index in [1.165, 1.54) is 12.1 Å². The van der Waals surface area contributed by atoms with Crippen molar-refractivity contribution in [2.75, 3.05) is 0 Å². The molecule has 2 N–H and O–H groups in total. The maximum atomic E-state index is 11.7. The van der Waals surface area contributed by atoms with Crippen molar-refractivity contribution < 1.29 is 34.8 Å². The third kappa shape index (κ3) is 4.72. The predicted molar refractivity (Wildman–Crippen MR) is 161 cm³/mol. The molecule has 0 atom stereocenters. The fourth-order valence-corrected chi connectivity index (χ4v) is 6.89. The van der Waals surface area contributed by atoms with E-state index in [1.54, 1.807) is 26.0 Å². The third-order valence-electron chi connectivity index (χ3n) is 7.65. The maximum Gasteiger partial charge on any atom is 0.294 e. The van der Waals surface area contributed by atoms with Crippen LogP contribution in [0.15, 0.2) is 91.4 Å². The molecule has 0 saturated carbocycles. The molecule has 0 amide bonds. The highest BCUT2D eigenvalue weighted by atomic mass is 32.2. The number of hydrogen-bond donors (Lipinski definition) is 2. The van der Waals surface area contributed by atoms with Crippen LogP contribution >= 0.6 is 0 Å². The minimum Gasteiger partial charge on any atom is -0.456 e. The molecule has 0 fully saturated rings. The van der Waals surface area contributed by atoms with E-state index >= 15 is 0 Å². The largest absolute Gasteiger partial charge is 0.456 e. The molecule has 8 nitrogen and oxygen atoms in total. The van der Waals surface area contributed by atoms with Crippen LogP contribution in [0.2, 0.25) is 0 Å². The molecule has 0 aliphatic carbocycles. The first-order chi connectivity index (χ1) is 19.7. The fourth-order valence-electron chi connectivity index (χ4n) is 5.45. The van der Waals surface area contributed by atoms with Gasteiger partial charge in [-0.25, -0.2) is 0 Å². The molecule has 0 saturated heterocycles. The number of fused-ring (bicyclic) bond motifs is 2. The van der Waals surface area contributed by atoms with Gasteiger partial charge in [0.25, 0.3) is 20.2 Å². The van der Waals surface area contributed by atoms with Crippen molar-refractivity contribution in [1.29, 1.82) is 0 Å². The molecule has 0 unspecified atom stereocenters. The number of hydrogen-bond acceptors (Lipinski definition) is 6. The molecular weight excluding hydrogens is 576 g/mol. The van der Waals surface area contributed by atoms with Gasteiger partial charge in [-0.3, -0.25) is 9.11 Å². The van der Waals surface area contributed by atoms with Crippen LogP contribution in [0.3, 0.4) is 0 Å². The summed E-state index contributed by atoms with van der Waals surface area (Å²) in [7, 11) is -8.73. The van der Waals surface area contributed by atoms with Gasteiger partial charge in [0.2, 0.25) is 0 Å². The zero-order chi connectivity index (χ0) is 30.1. The van der Waals surface area contributed by atoms with E-state index in [0.29, 0.717) is 33.8 Å². The van der Waals surface area contributed by atoms with Crippen LogP contribution in [-0.4, -0.2) is 25.9 Å². The van der Waals surface area contributed by atoms with Gasteiger partial charge >= 0.3 is 0 Å². The summed E-state index contributed by atoms with van der Waals surface area (Å²) in [5.41, 5.74) is 6.97. The summed E-state index contributed by atoms with van der Waals surface area (Å²) in [6.07, 6.45) is 0. The van der Waals surface area contributed by atoms with Crippen LogP contribution in [0.4, 0.5) is 0 Å². The van der Waals surface area contributed by atoms with Crippen molar-refractivity contribution in [3.05, 3.63) is 95.1 Å². The number of furan rings is 2.